The summed E-state index contributed by atoms with van der Waals surface area (Å²) in [6.07, 6.45) is 3.40. The van der Waals surface area contributed by atoms with Gasteiger partial charge < -0.3 is 11.5 Å². The van der Waals surface area contributed by atoms with Gasteiger partial charge in [0.2, 0.25) is 0 Å². The molecule has 0 amide bonds. The lowest BCUT2D eigenvalue weighted by atomic mass is 10.1. The molecule has 0 radical (unpaired) electrons. The Hall–Kier alpha value is -2.76. The Morgan fingerprint density at radius 2 is 1.10 bits per heavy atom. The molecular formula is C14H16N6. The number of benzene rings is 1. The Morgan fingerprint density at radius 3 is 1.40 bits per heavy atom. The Labute approximate surface area is 116 Å². The van der Waals surface area contributed by atoms with E-state index >= 15 is 0 Å². The second kappa shape index (κ2) is 5.08. The number of nitrogen functional groups attached to an aromatic ring is 2. The number of rotatable bonds is 4. The van der Waals surface area contributed by atoms with Crippen molar-refractivity contribution in [2.75, 3.05) is 11.5 Å². The van der Waals surface area contributed by atoms with E-state index < -0.39 is 0 Å². The van der Waals surface area contributed by atoms with Crippen LogP contribution in [0, 0.1) is 0 Å². The van der Waals surface area contributed by atoms with E-state index in [-0.39, 0.29) is 0 Å². The molecule has 0 aliphatic rings. The van der Waals surface area contributed by atoms with E-state index in [4.69, 9.17) is 11.5 Å². The molecular weight excluding hydrogens is 252 g/mol. The fourth-order valence-electron chi connectivity index (χ4n) is 2.05. The molecule has 0 fully saturated rings. The standard InChI is InChI=1S/C14H16N6/c15-13-5-7-17-19(13)9-11-1-2-12(4-3-11)10-20-14(16)6-8-18-20/h1-8H,9-10,15-16H2. The zero-order valence-electron chi connectivity index (χ0n) is 11.0. The molecule has 102 valence electrons. The van der Waals surface area contributed by atoms with Crippen molar-refractivity contribution >= 4 is 11.6 Å². The van der Waals surface area contributed by atoms with Gasteiger partial charge in [0.05, 0.1) is 25.5 Å². The molecule has 2 heterocycles. The van der Waals surface area contributed by atoms with Crippen LogP contribution < -0.4 is 11.5 Å². The lowest BCUT2D eigenvalue weighted by Crippen LogP contribution is -2.07. The third-order valence-electron chi connectivity index (χ3n) is 3.19. The second-order valence-electron chi connectivity index (χ2n) is 4.64. The molecule has 6 heteroatoms. The number of hydrogen-bond donors (Lipinski definition) is 2. The van der Waals surface area contributed by atoms with Crippen molar-refractivity contribution in [3.63, 3.8) is 0 Å². The topological polar surface area (TPSA) is 87.7 Å². The van der Waals surface area contributed by atoms with Crippen molar-refractivity contribution in [2.45, 2.75) is 13.1 Å². The first-order valence-electron chi connectivity index (χ1n) is 6.35. The first-order chi connectivity index (χ1) is 9.72. The van der Waals surface area contributed by atoms with Crippen LogP contribution in [0.3, 0.4) is 0 Å². The maximum atomic E-state index is 5.80. The van der Waals surface area contributed by atoms with E-state index in [0.717, 1.165) is 11.1 Å². The first-order valence-corrected chi connectivity index (χ1v) is 6.35. The van der Waals surface area contributed by atoms with E-state index in [1.54, 1.807) is 33.9 Å². The fraction of sp³-hybridized carbons (Fsp3) is 0.143. The number of nitrogens with two attached hydrogens (primary N) is 2. The molecule has 0 spiro atoms. The number of anilines is 2. The molecule has 0 unspecified atom stereocenters. The van der Waals surface area contributed by atoms with Crippen molar-refractivity contribution in [2.24, 2.45) is 0 Å². The summed E-state index contributed by atoms with van der Waals surface area (Å²) in [5, 5.41) is 8.33. The Morgan fingerprint density at radius 1 is 0.700 bits per heavy atom. The van der Waals surface area contributed by atoms with E-state index in [9.17, 15) is 0 Å². The molecule has 0 saturated heterocycles. The van der Waals surface area contributed by atoms with Gasteiger partial charge >= 0.3 is 0 Å². The second-order valence-corrected chi connectivity index (χ2v) is 4.64. The molecule has 6 nitrogen and oxygen atoms in total. The first kappa shape index (κ1) is 12.3. The zero-order valence-corrected chi connectivity index (χ0v) is 11.0. The molecule has 20 heavy (non-hydrogen) atoms. The van der Waals surface area contributed by atoms with Crippen molar-refractivity contribution in [1.29, 1.82) is 0 Å². The highest BCUT2D eigenvalue weighted by Gasteiger charge is 2.02. The van der Waals surface area contributed by atoms with Gasteiger partial charge in [0.15, 0.2) is 0 Å². The van der Waals surface area contributed by atoms with Gasteiger partial charge in [0.25, 0.3) is 0 Å². The summed E-state index contributed by atoms with van der Waals surface area (Å²) in [5.74, 6) is 1.33. The molecule has 1 aromatic carbocycles. The highest BCUT2D eigenvalue weighted by Crippen LogP contribution is 2.11. The van der Waals surface area contributed by atoms with Crippen molar-refractivity contribution in [3.8, 4) is 0 Å². The maximum Gasteiger partial charge on any atom is 0.122 e. The van der Waals surface area contributed by atoms with Gasteiger partial charge in [-0.2, -0.15) is 10.2 Å². The normalized spacial score (nSPS) is 10.8. The fourth-order valence-corrected chi connectivity index (χ4v) is 2.05. The van der Waals surface area contributed by atoms with E-state index in [1.165, 1.54) is 0 Å². The lowest BCUT2D eigenvalue weighted by molar-refractivity contribution is 0.689. The van der Waals surface area contributed by atoms with Gasteiger partial charge in [0.1, 0.15) is 11.6 Å². The molecule has 3 aromatic rings. The van der Waals surface area contributed by atoms with Gasteiger partial charge in [-0.15, -0.1) is 0 Å². The summed E-state index contributed by atoms with van der Waals surface area (Å²) < 4.78 is 3.53. The highest BCUT2D eigenvalue weighted by atomic mass is 15.3. The molecule has 0 saturated carbocycles. The van der Waals surface area contributed by atoms with Crippen LogP contribution in [0.5, 0.6) is 0 Å². The lowest BCUT2D eigenvalue weighted by Gasteiger charge is -2.07. The highest BCUT2D eigenvalue weighted by molar-refractivity contribution is 5.30. The SMILES string of the molecule is Nc1ccnn1Cc1ccc(Cn2nccc2N)cc1. The van der Waals surface area contributed by atoms with Crippen LogP contribution in [0.4, 0.5) is 11.6 Å². The van der Waals surface area contributed by atoms with Gasteiger partial charge in [-0.3, -0.25) is 0 Å². The number of hydrogen-bond acceptors (Lipinski definition) is 4. The largest absolute Gasteiger partial charge is 0.384 e. The maximum absolute atomic E-state index is 5.80. The molecule has 0 bridgehead atoms. The smallest absolute Gasteiger partial charge is 0.122 e. The minimum absolute atomic E-state index is 0.665. The average molecular weight is 268 g/mol. The summed E-state index contributed by atoms with van der Waals surface area (Å²) in [4.78, 5) is 0. The van der Waals surface area contributed by atoms with Crippen molar-refractivity contribution < 1.29 is 0 Å². The summed E-state index contributed by atoms with van der Waals surface area (Å²) in [5.41, 5.74) is 13.9. The monoisotopic (exact) mass is 268 g/mol. The minimum atomic E-state index is 0.665. The minimum Gasteiger partial charge on any atom is -0.384 e. The zero-order chi connectivity index (χ0) is 13.9. The number of nitrogens with zero attached hydrogens (tertiary/aromatic N) is 4. The Kier molecular flexibility index (Phi) is 3.12. The van der Waals surface area contributed by atoms with Crippen LogP contribution in [-0.2, 0) is 13.1 Å². The molecule has 0 aliphatic carbocycles. The van der Waals surface area contributed by atoms with Crippen LogP contribution in [0.15, 0.2) is 48.8 Å². The summed E-state index contributed by atoms with van der Waals surface area (Å²) in [6.45, 7) is 1.34. The van der Waals surface area contributed by atoms with Gasteiger partial charge in [0, 0.05) is 0 Å². The average Bonchev–Trinajstić information content (AvgIpc) is 3.02. The van der Waals surface area contributed by atoms with Gasteiger partial charge in [-0.25, -0.2) is 9.36 Å². The summed E-state index contributed by atoms with van der Waals surface area (Å²) in [7, 11) is 0. The predicted molar refractivity (Wildman–Crippen MR) is 77.9 cm³/mol. The third-order valence-corrected chi connectivity index (χ3v) is 3.19. The van der Waals surface area contributed by atoms with E-state index in [1.807, 2.05) is 0 Å². The molecule has 3 rings (SSSR count). The van der Waals surface area contributed by atoms with Crippen LogP contribution in [0.2, 0.25) is 0 Å². The Balaban J connectivity index is 1.72. The van der Waals surface area contributed by atoms with Crippen molar-refractivity contribution in [1.82, 2.24) is 19.6 Å². The number of aromatic nitrogens is 4. The van der Waals surface area contributed by atoms with Crippen LogP contribution in [-0.4, -0.2) is 19.6 Å². The van der Waals surface area contributed by atoms with E-state index in [2.05, 4.69) is 34.5 Å². The van der Waals surface area contributed by atoms with Crippen LogP contribution in [0.1, 0.15) is 11.1 Å². The summed E-state index contributed by atoms with van der Waals surface area (Å²) >= 11 is 0. The quantitative estimate of drug-likeness (QED) is 0.747. The Bertz CT molecular complexity index is 633. The molecule has 0 atom stereocenters. The predicted octanol–water partition coefficient (Wildman–Crippen LogP) is 1.34. The van der Waals surface area contributed by atoms with Gasteiger partial charge in [-0.05, 0) is 23.3 Å². The van der Waals surface area contributed by atoms with Crippen LogP contribution >= 0.6 is 0 Å². The molecule has 2 aromatic heterocycles. The summed E-state index contributed by atoms with van der Waals surface area (Å²) in [6, 6.07) is 11.8. The van der Waals surface area contributed by atoms with Crippen molar-refractivity contribution in [3.05, 3.63) is 59.9 Å². The van der Waals surface area contributed by atoms with Crippen LogP contribution in [0.25, 0.3) is 0 Å². The molecule has 0 aliphatic heterocycles. The van der Waals surface area contributed by atoms with Gasteiger partial charge in [-0.1, -0.05) is 24.3 Å². The third kappa shape index (κ3) is 2.49. The molecule has 4 N–H and O–H groups in total. The van der Waals surface area contributed by atoms with E-state index in [0.29, 0.717) is 24.7 Å².